The third-order valence-corrected chi connectivity index (χ3v) is 15.2. The molecule has 2 atom stereocenters. The van der Waals surface area contributed by atoms with Crippen LogP contribution in [-0.2, 0) is 14.3 Å². The van der Waals surface area contributed by atoms with Crippen LogP contribution in [0.3, 0.4) is 0 Å². The van der Waals surface area contributed by atoms with Crippen LogP contribution < -0.4 is 5.32 Å². The lowest BCUT2D eigenvalue weighted by Crippen LogP contribution is -2.45. The highest BCUT2D eigenvalue weighted by Crippen LogP contribution is 2.18. The largest absolute Gasteiger partial charge is 0.466 e. The zero-order chi connectivity index (χ0) is 52.9. The highest BCUT2D eigenvalue weighted by atomic mass is 16.5. The zero-order valence-corrected chi connectivity index (χ0v) is 49.1. The maximum Gasteiger partial charge on any atom is 0.305 e. The van der Waals surface area contributed by atoms with Crippen molar-refractivity contribution in [3.8, 4) is 0 Å². The van der Waals surface area contributed by atoms with Gasteiger partial charge < -0.3 is 20.3 Å². The molecule has 2 unspecified atom stereocenters. The molecule has 0 aliphatic heterocycles. The molecular formula is C67H127NO5. The van der Waals surface area contributed by atoms with Gasteiger partial charge in [-0.15, -0.1) is 0 Å². The summed E-state index contributed by atoms with van der Waals surface area (Å²) >= 11 is 0. The molecule has 0 bridgehead atoms. The first-order valence-electron chi connectivity index (χ1n) is 32.8. The number of aliphatic hydroxyl groups is 2. The summed E-state index contributed by atoms with van der Waals surface area (Å²) in [5.41, 5.74) is 0. The molecule has 0 aromatic rings. The Labute approximate surface area is 455 Å². The second-order valence-electron chi connectivity index (χ2n) is 22.5. The number of esters is 1. The molecule has 0 aromatic carbocycles. The van der Waals surface area contributed by atoms with Crippen LogP contribution in [0.15, 0.2) is 36.5 Å². The topological polar surface area (TPSA) is 95.9 Å². The summed E-state index contributed by atoms with van der Waals surface area (Å²) < 4.78 is 5.48. The van der Waals surface area contributed by atoms with E-state index in [4.69, 9.17) is 4.74 Å². The van der Waals surface area contributed by atoms with Gasteiger partial charge in [0.1, 0.15) is 0 Å². The molecule has 1 amide bonds. The molecule has 3 N–H and O–H groups in total. The number of amides is 1. The lowest BCUT2D eigenvalue weighted by Gasteiger charge is -2.20. The smallest absolute Gasteiger partial charge is 0.305 e. The number of hydrogen-bond acceptors (Lipinski definition) is 5. The van der Waals surface area contributed by atoms with Gasteiger partial charge in [0.25, 0.3) is 0 Å². The van der Waals surface area contributed by atoms with Crippen molar-refractivity contribution in [2.24, 2.45) is 0 Å². The van der Waals surface area contributed by atoms with Gasteiger partial charge >= 0.3 is 5.97 Å². The molecule has 0 heterocycles. The van der Waals surface area contributed by atoms with Crippen molar-refractivity contribution in [3.63, 3.8) is 0 Å². The standard InChI is InChI=1S/C67H127NO5/c1-3-5-7-9-11-13-15-17-32-35-39-43-47-51-55-59-65(70)64(63-69)68-66(71)60-56-52-48-44-40-36-33-30-28-26-24-22-20-19-21-23-25-27-29-31-34-38-42-46-50-54-58-62-73-67(72)61-57-53-49-45-41-37-18-16-14-12-10-8-6-4-2/h10,12,16,18,55,59,64-65,69-70H,3-9,11,13-15,17,19-54,56-58,60-63H2,1-2H3,(H,68,71)/b12-10-,18-16-,59-55+. The number of ether oxygens (including phenoxy) is 1. The Balaban J connectivity index is 3.37. The minimum atomic E-state index is -0.842. The van der Waals surface area contributed by atoms with Gasteiger partial charge in [0, 0.05) is 12.8 Å². The lowest BCUT2D eigenvalue weighted by atomic mass is 10.0. The van der Waals surface area contributed by atoms with E-state index in [2.05, 4.69) is 43.5 Å². The summed E-state index contributed by atoms with van der Waals surface area (Å²) in [6.07, 6.45) is 79.2. The fourth-order valence-electron chi connectivity index (χ4n) is 10.1. The molecule has 0 fully saturated rings. The lowest BCUT2D eigenvalue weighted by molar-refractivity contribution is -0.143. The highest BCUT2D eigenvalue weighted by Gasteiger charge is 2.18. The van der Waals surface area contributed by atoms with E-state index in [9.17, 15) is 19.8 Å². The van der Waals surface area contributed by atoms with Gasteiger partial charge in [0.2, 0.25) is 5.91 Å². The van der Waals surface area contributed by atoms with Gasteiger partial charge in [0.15, 0.2) is 0 Å². The van der Waals surface area contributed by atoms with Crippen molar-refractivity contribution in [3.05, 3.63) is 36.5 Å². The van der Waals surface area contributed by atoms with Crippen LogP contribution in [-0.4, -0.2) is 47.4 Å². The number of hydrogen-bond donors (Lipinski definition) is 3. The molecule has 0 saturated heterocycles. The number of rotatable bonds is 61. The van der Waals surface area contributed by atoms with E-state index in [1.54, 1.807) is 6.08 Å². The number of carbonyl (C=O) groups is 2. The van der Waals surface area contributed by atoms with E-state index in [-0.39, 0.29) is 18.5 Å². The minimum Gasteiger partial charge on any atom is -0.466 e. The Bertz CT molecular complexity index is 1180. The molecule has 0 rings (SSSR count). The summed E-state index contributed by atoms with van der Waals surface area (Å²) in [7, 11) is 0. The molecule has 6 heteroatoms. The van der Waals surface area contributed by atoms with Crippen molar-refractivity contribution in [2.45, 2.75) is 366 Å². The number of allylic oxidation sites excluding steroid dienone is 5. The number of aliphatic hydroxyl groups excluding tert-OH is 2. The first-order valence-corrected chi connectivity index (χ1v) is 32.8. The Hall–Kier alpha value is -1.92. The van der Waals surface area contributed by atoms with E-state index in [0.717, 1.165) is 51.4 Å². The van der Waals surface area contributed by atoms with Gasteiger partial charge in [-0.1, -0.05) is 320 Å². The van der Waals surface area contributed by atoms with E-state index in [0.29, 0.717) is 19.4 Å². The van der Waals surface area contributed by atoms with Crippen LogP contribution in [0.25, 0.3) is 0 Å². The van der Waals surface area contributed by atoms with Crippen LogP contribution in [0, 0.1) is 0 Å². The van der Waals surface area contributed by atoms with Gasteiger partial charge in [-0.2, -0.15) is 0 Å². The Kier molecular flexibility index (Phi) is 61.0. The van der Waals surface area contributed by atoms with E-state index >= 15 is 0 Å². The molecule has 0 aliphatic carbocycles. The van der Waals surface area contributed by atoms with E-state index < -0.39 is 12.1 Å². The van der Waals surface area contributed by atoms with Gasteiger partial charge in [-0.25, -0.2) is 0 Å². The quantitative estimate of drug-likeness (QED) is 0.0320. The van der Waals surface area contributed by atoms with Crippen molar-refractivity contribution in [1.29, 1.82) is 0 Å². The maximum atomic E-state index is 12.5. The molecule has 0 aliphatic rings. The third kappa shape index (κ3) is 59.2. The fourth-order valence-corrected chi connectivity index (χ4v) is 10.1. The van der Waals surface area contributed by atoms with Crippen molar-refractivity contribution < 1.29 is 24.5 Å². The molecule has 0 spiro atoms. The summed E-state index contributed by atoms with van der Waals surface area (Å²) in [5, 5.41) is 23.1. The average Bonchev–Trinajstić information content (AvgIpc) is 3.39. The van der Waals surface area contributed by atoms with Crippen molar-refractivity contribution >= 4 is 11.9 Å². The molecule has 0 saturated carbocycles. The van der Waals surface area contributed by atoms with Crippen LogP contribution in [0.1, 0.15) is 354 Å². The Morgan fingerprint density at radius 3 is 1.08 bits per heavy atom. The molecule has 430 valence electrons. The van der Waals surface area contributed by atoms with Crippen molar-refractivity contribution in [1.82, 2.24) is 5.32 Å². The molecule has 73 heavy (non-hydrogen) atoms. The molecular weight excluding hydrogens is 899 g/mol. The second-order valence-corrected chi connectivity index (χ2v) is 22.5. The maximum absolute atomic E-state index is 12.5. The van der Waals surface area contributed by atoms with Crippen LogP contribution in [0.2, 0.25) is 0 Å². The Morgan fingerprint density at radius 1 is 0.384 bits per heavy atom. The van der Waals surface area contributed by atoms with Crippen LogP contribution >= 0.6 is 0 Å². The SMILES string of the molecule is CCCC/C=C\C/C=C\CCCCCCCC(=O)OCCCCCCCCCCCCCCCCCCCCCCCCCCCCCC(=O)NC(CO)C(O)/C=C/CCCCCCCCCCCCCCC. The van der Waals surface area contributed by atoms with E-state index in [1.807, 2.05) is 6.08 Å². The third-order valence-electron chi connectivity index (χ3n) is 15.2. The average molecular weight is 1030 g/mol. The molecule has 0 radical (unpaired) electrons. The molecule has 0 aromatic heterocycles. The van der Waals surface area contributed by atoms with Crippen LogP contribution in [0.4, 0.5) is 0 Å². The zero-order valence-electron chi connectivity index (χ0n) is 49.1. The summed E-state index contributed by atoms with van der Waals surface area (Å²) in [6, 6.07) is -0.626. The molecule has 6 nitrogen and oxygen atoms in total. The predicted molar refractivity (Wildman–Crippen MR) is 319 cm³/mol. The highest BCUT2D eigenvalue weighted by molar-refractivity contribution is 5.76. The van der Waals surface area contributed by atoms with Crippen molar-refractivity contribution in [2.75, 3.05) is 13.2 Å². The van der Waals surface area contributed by atoms with Gasteiger partial charge in [-0.05, 0) is 57.8 Å². The minimum absolute atomic E-state index is 0.00310. The Morgan fingerprint density at radius 2 is 0.699 bits per heavy atom. The summed E-state index contributed by atoms with van der Waals surface area (Å²) in [4.78, 5) is 24.5. The number of unbranched alkanes of at least 4 members (excludes halogenated alkanes) is 46. The number of nitrogens with one attached hydrogen (secondary N) is 1. The normalized spacial score (nSPS) is 12.8. The second kappa shape index (κ2) is 62.6. The predicted octanol–water partition coefficient (Wildman–Crippen LogP) is 20.8. The first-order chi connectivity index (χ1) is 36.0. The first kappa shape index (κ1) is 71.1. The monoisotopic (exact) mass is 1030 g/mol. The van der Waals surface area contributed by atoms with Crippen LogP contribution in [0.5, 0.6) is 0 Å². The fraction of sp³-hybridized carbons (Fsp3) is 0.881. The summed E-state index contributed by atoms with van der Waals surface area (Å²) in [6.45, 7) is 4.88. The van der Waals surface area contributed by atoms with Gasteiger partial charge in [-0.3, -0.25) is 9.59 Å². The van der Waals surface area contributed by atoms with Gasteiger partial charge in [0.05, 0.1) is 25.4 Å². The summed E-state index contributed by atoms with van der Waals surface area (Å²) in [5.74, 6) is -0.0606. The number of carbonyl (C=O) groups excluding carboxylic acids is 2. The van der Waals surface area contributed by atoms with E-state index in [1.165, 1.54) is 276 Å².